The highest BCUT2D eigenvalue weighted by Crippen LogP contribution is 2.45. The first kappa shape index (κ1) is 20.6. The van der Waals surface area contributed by atoms with Crippen molar-refractivity contribution in [3.8, 4) is 11.5 Å². The highest BCUT2D eigenvalue weighted by molar-refractivity contribution is 5.89. The van der Waals surface area contributed by atoms with Crippen LogP contribution in [-0.4, -0.2) is 25.3 Å². The zero-order valence-corrected chi connectivity index (χ0v) is 17.3. The van der Waals surface area contributed by atoms with Gasteiger partial charge in [0.1, 0.15) is 23.8 Å². The van der Waals surface area contributed by atoms with E-state index in [-0.39, 0.29) is 17.6 Å². The molecule has 0 spiro atoms. The molecule has 4 nitrogen and oxygen atoms in total. The van der Waals surface area contributed by atoms with Crippen molar-refractivity contribution in [2.75, 3.05) is 7.11 Å². The molecule has 160 valence electrons. The van der Waals surface area contributed by atoms with Gasteiger partial charge < -0.3 is 14.2 Å². The Kier molecular flexibility index (Phi) is 5.93. The van der Waals surface area contributed by atoms with Crippen LogP contribution in [0.1, 0.15) is 66.4 Å². The SMILES string of the molecule is COc1ccc2c3c1OC(CCCCC2)C[C@@H](OC(=O)c1ccc(F)cc1F)[C@@H]3C. The first-order chi connectivity index (χ1) is 14.5. The minimum Gasteiger partial charge on any atom is -0.493 e. The fraction of sp³-hybridized carbons (Fsp3) is 0.458. The molecule has 4 rings (SSSR count). The van der Waals surface area contributed by atoms with Gasteiger partial charge in [-0.05, 0) is 49.4 Å². The van der Waals surface area contributed by atoms with Crippen molar-refractivity contribution in [2.24, 2.45) is 0 Å². The molecular weight excluding hydrogens is 390 g/mol. The van der Waals surface area contributed by atoms with E-state index in [1.165, 1.54) is 0 Å². The third kappa shape index (κ3) is 4.00. The summed E-state index contributed by atoms with van der Waals surface area (Å²) in [5.41, 5.74) is 1.90. The normalized spacial score (nSPS) is 23.3. The van der Waals surface area contributed by atoms with Gasteiger partial charge in [-0.1, -0.05) is 19.4 Å². The van der Waals surface area contributed by atoms with E-state index >= 15 is 0 Å². The summed E-state index contributed by atoms with van der Waals surface area (Å²) >= 11 is 0. The van der Waals surface area contributed by atoms with Crippen molar-refractivity contribution in [3.63, 3.8) is 0 Å². The third-order valence-electron chi connectivity index (χ3n) is 6.14. The molecule has 0 amide bonds. The van der Waals surface area contributed by atoms with Gasteiger partial charge in [-0.3, -0.25) is 0 Å². The number of carbonyl (C=O) groups excluding carboxylic acids is 1. The minimum atomic E-state index is -0.922. The summed E-state index contributed by atoms with van der Waals surface area (Å²) in [7, 11) is 1.61. The quantitative estimate of drug-likeness (QED) is 0.614. The predicted octanol–water partition coefficient (Wildman–Crippen LogP) is 5.57. The van der Waals surface area contributed by atoms with Crippen molar-refractivity contribution in [1.82, 2.24) is 0 Å². The molecule has 0 radical (unpaired) electrons. The highest BCUT2D eigenvalue weighted by atomic mass is 19.1. The van der Waals surface area contributed by atoms with Gasteiger partial charge in [-0.25, -0.2) is 13.6 Å². The van der Waals surface area contributed by atoms with Crippen molar-refractivity contribution in [3.05, 3.63) is 58.7 Å². The Morgan fingerprint density at radius 2 is 1.97 bits per heavy atom. The molecule has 2 aromatic rings. The lowest BCUT2D eigenvalue weighted by atomic mass is 9.87. The molecular formula is C24H26F2O4. The third-order valence-corrected chi connectivity index (χ3v) is 6.14. The van der Waals surface area contributed by atoms with Gasteiger partial charge in [0.2, 0.25) is 0 Å². The zero-order chi connectivity index (χ0) is 21.3. The summed E-state index contributed by atoms with van der Waals surface area (Å²) in [6.45, 7) is 2.00. The second-order valence-corrected chi connectivity index (χ2v) is 8.10. The Morgan fingerprint density at radius 3 is 2.73 bits per heavy atom. The van der Waals surface area contributed by atoms with E-state index in [1.54, 1.807) is 7.11 Å². The smallest absolute Gasteiger partial charge is 0.341 e. The number of rotatable bonds is 3. The molecule has 2 aliphatic heterocycles. The second kappa shape index (κ2) is 8.62. The zero-order valence-electron chi connectivity index (χ0n) is 17.3. The number of ether oxygens (including phenoxy) is 3. The first-order valence-electron chi connectivity index (χ1n) is 10.5. The molecule has 2 aliphatic rings. The van der Waals surface area contributed by atoms with Crippen LogP contribution in [0, 0.1) is 11.6 Å². The number of methoxy groups -OCH3 is 1. The largest absolute Gasteiger partial charge is 0.493 e. The van der Waals surface area contributed by atoms with Crippen LogP contribution in [0.25, 0.3) is 0 Å². The molecule has 3 atom stereocenters. The summed E-state index contributed by atoms with van der Waals surface area (Å²) in [5, 5.41) is 0. The lowest BCUT2D eigenvalue weighted by molar-refractivity contribution is 0.0136. The molecule has 6 heteroatoms. The van der Waals surface area contributed by atoms with E-state index in [4.69, 9.17) is 14.2 Å². The van der Waals surface area contributed by atoms with Crippen LogP contribution in [0.3, 0.4) is 0 Å². The maximum Gasteiger partial charge on any atom is 0.341 e. The Hall–Kier alpha value is -2.63. The van der Waals surface area contributed by atoms with Crippen LogP contribution < -0.4 is 9.47 Å². The summed E-state index contributed by atoms with van der Waals surface area (Å²) in [6, 6.07) is 6.86. The van der Waals surface area contributed by atoms with E-state index in [0.717, 1.165) is 61.1 Å². The lowest BCUT2D eigenvalue weighted by Crippen LogP contribution is -2.29. The predicted molar refractivity (Wildman–Crippen MR) is 108 cm³/mol. The molecule has 0 fully saturated rings. The molecule has 1 unspecified atom stereocenters. The topological polar surface area (TPSA) is 44.8 Å². The standard InChI is InChI=1S/C24H26F2O4/c1-14-21(30-24(27)18-10-9-16(25)12-19(18)26)13-17-7-5-3-4-6-15-8-11-20(28-2)23(29-17)22(14)15/h8-12,14,17,21H,3-7,13H2,1-2H3/t14-,17?,21+/m0/s1. The van der Waals surface area contributed by atoms with E-state index < -0.39 is 23.7 Å². The highest BCUT2D eigenvalue weighted by Gasteiger charge is 2.36. The van der Waals surface area contributed by atoms with Crippen molar-refractivity contribution >= 4 is 5.97 Å². The maximum absolute atomic E-state index is 14.1. The summed E-state index contributed by atoms with van der Waals surface area (Å²) < 4.78 is 45.1. The van der Waals surface area contributed by atoms with Gasteiger partial charge in [0, 0.05) is 24.0 Å². The van der Waals surface area contributed by atoms with Crippen molar-refractivity contribution < 1.29 is 27.8 Å². The maximum atomic E-state index is 14.1. The number of hydrogen-bond acceptors (Lipinski definition) is 4. The van der Waals surface area contributed by atoms with Crippen LogP contribution in [0.5, 0.6) is 11.5 Å². The number of aryl methyl sites for hydroxylation is 1. The molecule has 2 heterocycles. The number of hydrogen-bond donors (Lipinski definition) is 0. The molecule has 0 N–H and O–H groups in total. The van der Waals surface area contributed by atoms with Crippen LogP contribution in [0.4, 0.5) is 8.78 Å². The molecule has 0 aliphatic carbocycles. The first-order valence-corrected chi connectivity index (χ1v) is 10.5. The van der Waals surface area contributed by atoms with E-state index in [9.17, 15) is 13.6 Å². The fourth-order valence-corrected chi connectivity index (χ4v) is 4.53. The average molecular weight is 416 g/mol. The molecule has 0 aromatic heterocycles. The van der Waals surface area contributed by atoms with Crippen molar-refractivity contribution in [2.45, 2.75) is 63.6 Å². The Balaban J connectivity index is 1.71. The summed E-state index contributed by atoms with van der Waals surface area (Å²) in [5.74, 6) is -1.20. The van der Waals surface area contributed by atoms with Gasteiger partial charge in [0.15, 0.2) is 11.5 Å². The molecule has 30 heavy (non-hydrogen) atoms. The lowest BCUT2D eigenvalue weighted by Gasteiger charge is -2.25. The number of esters is 1. The molecule has 2 aromatic carbocycles. The van der Waals surface area contributed by atoms with Gasteiger partial charge in [-0.2, -0.15) is 0 Å². The number of benzene rings is 2. The Labute approximate surface area is 175 Å². The van der Waals surface area contributed by atoms with Gasteiger partial charge in [-0.15, -0.1) is 0 Å². The van der Waals surface area contributed by atoms with Gasteiger partial charge in [0.05, 0.1) is 12.7 Å². The van der Waals surface area contributed by atoms with E-state index in [1.807, 2.05) is 13.0 Å². The summed E-state index contributed by atoms with van der Waals surface area (Å²) in [4.78, 5) is 12.7. The van der Waals surface area contributed by atoms with Crippen LogP contribution in [0.15, 0.2) is 30.3 Å². The van der Waals surface area contributed by atoms with Crippen molar-refractivity contribution in [1.29, 1.82) is 0 Å². The molecule has 0 saturated heterocycles. The minimum absolute atomic E-state index is 0.133. The average Bonchev–Trinajstić information content (AvgIpc) is 2.86. The molecule has 4 bridgehead atoms. The van der Waals surface area contributed by atoms with Gasteiger partial charge >= 0.3 is 5.97 Å². The monoisotopic (exact) mass is 416 g/mol. The van der Waals surface area contributed by atoms with E-state index in [0.29, 0.717) is 18.2 Å². The van der Waals surface area contributed by atoms with Crippen LogP contribution in [-0.2, 0) is 11.2 Å². The molecule has 0 saturated carbocycles. The summed E-state index contributed by atoms with van der Waals surface area (Å²) in [6.07, 6.45) is 4.87. The Morgan fingerprint density at radius 1 is 1.13 bits per heavy atom. The number of fused-ring (bicyclic) bond motifs is 1. The van der Waals surface area contributed by atoms with Crippen LogP contribution >= 0.6 is 0 Å². The number of halogens is 2. The second-order valence-electron chi connectivity index (χ2n) is 8.10. The van der Waals surface area contributed by atoms with Crippen LogP contribution in [0.2, 0.25) is 0 Å². The van der Waals surface area contributed by atoms with Gasteiger partial charge in [0.25, 0.3) is 0 Å². The van der Waals surface area contributed by atoms with E-state index in [2.05, 4.69) is 6.07 Å². The Bertz CT molecular complexity index is 943. The fourth-order valence-electron chi connectivity index (χ4n) is 4.53. The number of carbonyl (C=O) groups is 1.